The van der Waals surface area contributed by atoms with Gasteiger partial charge >= 0.3 is 5.97 Å². The fourth-order valence-electron chi connectivity index (χ4n) is 9.14. The van der Waals surface area contributed by atoms with Crippen molar-refractivity contribution in [2.75, 3.05) is 6.61 Å². The fourth-order valence-corrected chi connectivity index (χ4v) is 9.14. The molecule has 1 saturated heterocycles. The van der Waals surface area contributed by atoms with Crippen LogP contribution >= 0.6 is 0 Å². The lowest BCUT2D eigenvalue weighted by Crippen LogP contribution is -2.69. The van der Waals surface area contributed by atoms with Gasteiger partial charge in [-0.05, 0) is 61.9 Å². The van der Waals surface area contributed by atoms with Crippen LogP contribution in [0.4, 0.5) is 0 Å². The maximum atomic E-state index is 12.6. The van der Waals surface area contributed by atoms with Gasteiger partial charge in [0.2, 0.25) is 0 Å². The van der Waals surface area contributed by atoms with Crippen molar-refractivity contribution < 1.29 is 50.0 Å². The second-order valence-electron chi connectivity index (χ2n) is 12.5. The molecule has 0 radical (unpaired) electrons. The van der Waals surface area contributed by atoms with Crippen LogP contribution in [0.3, 0.4) is 0 Å². The predicted octanol–water partition coefficient (Wildman–Crippen LogP) is -0.223. The van der Waals surface area contributed by atoms with Gasteiger partial charge in [0.25, 0.3) is 0 Å². The maximum absolute atomic E-state index is 12.6. The van der Waals surface area contributed by atoms with Crippen LogP contribution in [0.2, 0.25) is 0 Å². The first kappa shape index (κ1) is 26.5. The second kappa shape index (κ2) is 8.71. The Morgan fingerprint density at radius 1 is 1.08 bits per heavy atom. The highest BCUT2D eigenvalue weighted by atomic mass is 16.7. The number of aliphatic hydroxyl groups excluding tert-OH is 6. The summed E-state index contributed by atoms with van der Waals surface area (Å²) >= 11 is 0. The third-order valence-electron chi connectivity index (χ3n) is 10.8. The molecule has 1 spiro atoms. The van der Waals surface area contributed by atoms with Crippen LogP contribution in [-0.4, -0.2) is 97.3 Å². The quantitative estimate of drug-likeness (QED) is 0.197. The number of carboxylic acid groups (broad SMARTS) is 1. The molecule has 5 rings (SSSR count). The number of fused-ring (bicyclic) bond motifs is 3. The molecule has 4 saturated carbocycles. The highest BCUT2D eigenvalue weighted by Crippen LogP contribution is 2.72. The molecule has 1 aliphatic heterocycles. The number of aliphatic carboxylic acids is 1. The Morgan fingerprint density at radius 3 is 2.42 bits per heavy atom. The zero-order valence-electron chi connectivity index (χ0n) is 20.9. The average Bonchev–Trinajstić information content (AvgIpc) is 3.01. The van der Waals surface area contributed by atoms with Crippen LogP contribution in [0.1, 0.15) is 52.4 Å². The van der Waals surface area contributed by atoms with Crippen molar-refractivity contribution in [3.05, 3.63) is 12.2 Å². The van der Waals surface area contributed by atoms with Crippen LogP contribution in [0.25, 0.3) is 0 Å². The summed E-state index contributed by atoms with van der Waals surface area (Å²) in [6, 6.07) is 0. The zero-order chi connectivity index (χ0) is 26.4. The minimum Gasteiger partial charge on any atom is -0.481 e. The molecular weight excluding hydrogens is 472 g/mol. The highest BCUT2D eigenvalue weighted by molar-refractivity contribution is 5.75. The van der Waals surface area contributed by atoms with E-state index in [0.29, 0.717) is 37.7 Å². The normalized spacial score (nSPS) is 56.7. The van der Waals surface area contributed by atoms with Gasteiger partial charge in [0.15, 0.2) is 6.29 Å². The SMILES string of the molecule is C=C1C2CC(O)C3C4(C)CCCC(C)(C(=O)O)C4CC(OC4OC(CO)C(O)C(O)C4O)C3(C2)C1O. The van der Waals surface area contributed by atoms with Gasteiger partial charge in [0, 0.05) is 11.3 Å². The number of rotatable bonds is 4. The smallest absolute Gasteiger partial charge is 0.309 e. The summed E-state index contributed by atoms with van der Waals surface area (Å²) in [5.74, 6) is -1.92. The number of hydrogen-bond donors (Lipinski definition) is 7. The molecule has 2 bridgehead atoms. The molecular formula is C26H40O10. The van der Waals surface area contributed by atoms with Crippen molar-refractivity contribution in [3.63, 3.8) is 0 Å². The lowest BCUT2D eigenvalue weighted by atomic mass is 9.39. The minimum absolute atomic E-state index is 0.123. The van der Waals surface area contributed by atoms with Gasteiger partial charge in [-0.25, -0.2) is 0 Å². The third-order valence-corrected chi connectivity index (χ3v) is 10.8. The van der Waals surface area contributed by atoms with Crippen molar-refractivity contribution in [2.45, 2.75) is 101 Å². The third kappa shape index (κ3) is 3.35. The van der Waals surface area contributed by atoms with Crippen molar-refractivity contribution >= 4 is 5.97 Å². The summed E-state index contributed by atoms with van der Waals surface area (Å²) in [5, 5.41) is 74.3. The van der Waals surface area contributed by atoms with E-state index in [0.717, 1.165) is 0 Å². The largest absolute Gasteiger partial charge is 0.481 e. The van der Waals surface area contributed by atoms with E-state index < -0.39 is 89.7 Å². The molecule has 5 aliphatic rings. The number of hydrogen-bond acceptors (Lipinski definition) is 9. The maximum Gasteiger partial charge on any atom is 0.309 e. The van der Waals surface area contributed by atoms with Crippen LogP contribution < -0.4 is 0 Å². The molecule has 0 amide bonds. The Morgan fingerprint density at radius 2 is 1.78 bits per heavy atom. The van der Waals surface area contributed by atoms with E-state index in [2.05, 4.69) is 6.58 Å². The van der Waals surface area contributed by atoms with E-state index in [4.69, 9.17) is 9.47 Å². The van der Waals surface area contributed by atoms with E-state index in [1.165, 1.54) is 0 Å². The van der Waals surface area contributed by atoms with Crippen molar-refractivity contribution in [2.24, 2.45) is 34.0 Å². The van der Waals surface area contributed by atoms with Crippen LogP contribution in [0.5, 0.6) is 0 Å². The zero-order valence-corrected chi connectivity index (χ0v) is 20.9. The summed E-state index contributed by atoms with van der Waals surface area (Å²) in [5.41, 5.74) is -2.03. The number of carbonyl (C=O) groups is 1. The summed E-state index contributed by atoms with van der Waals surface area (Å²) in [6.45, 7) is 7.29. The molecule has 14 unspecified atom stereocenters. The Kier molecular flexibility index (Phi) is 6.41. The second-order valence-corrected chi connectivity index (χ2v) is 12.5. The molecule has 7 N–H and O–H groups in total. The lowest BCUT2D eigenvalue weighted by molar-refractivity contribution is -0.344. The van der Waals surface area contributed by atoms with Gasteiger partial charge in [0.1, 0.15) is 24.4 Å². The predicted molar refractivity (Wildman–Crippen MR) is 124 cm³/mol. The number of aliphatic hydroxyl groups is 6. The van der Waals surface area contributed by atoms with Gasteiger partial charge in [-0.1, -0.05) is 19.9 Å². The molecule has 1 heterocycles. The first-order chi connectivity index (χ1) is 16.8. The minimum atomic E-state index is -1.63. The molecule has 4 aliphatic carbocycles. The summed E-state index contributed by atoms with van der Waals surface area (Å²) in [4.78, 5) is 12.6. The summed E-state index contributed by atoms with van der Waals surface area (Å²) in [7, 11) is 0. The molecule has 10 heteroatoms. The van der Waals surface area contributed by atoms with Crippen molar-refractivity contribution in [1.29, 1.82) is 0 Å². The Bertz CT molecular complexity index is 909. The molecule has 36 heavy (non-hydrogen) atoms. The number of carboxylic acids is 1. The van der Waals surface area contributed by atoms with E-state index >= 15 is 0 Å². The van der Waals surface area contributed by atoms with Crippen LogP contribution in [0, 0.1) is 34.0 Å². The Balaban J connectivity index is 1.60. The first-order valence-electron chi connectivity index (χ1n) is 13.1. The molecule has 204 valence electrons. The van der Waals surface area contributed by atoms with Crippen LogP contribution in [0.15, 0.2) is 12.2 Å². The summed E-state index contributed by atoms with van der Waals surface area (Å²) < 4.78 is 12.0. The fraction of sp³-hybridized carbons (Fsp3) is 0.885. The molecule has 10 nitrogen and oxygen atoms in total. The van der Waals surface area contributed by atoms with Gasteiger partial charge < -0.3 is 45.2 Å². The standard InChI is InChI=1S/C26H40O10/c1-11-12-7-13(28)20-24(2)5-4-6-25(3,23(33)34)15(24)8-16(26(20,9-12)21(11)32)36-22-19(31)18(30)17(29)14(10-27)35-22/h12-22,27-32H,1,4-10H2,2-3H3,(H,33,34). The molecule has 0 aromatic rings. The molecule has 0 aromatic heterocycles. The van der Waals surface area contributed by atoms with E-state index in [9.17, 15) is 40.5 Å². The molecule has 0 aromatic carbocycles. The Hall–Kier alpha value is -1.11. The van der Waals surface area contributed by atoms with Gasteiger partial charge in [-0.2, -0.15) is 0 Å². The van der Waals surface area contributed by atoms with Crippen molar-refractivity contribution in [1.82, 2.24) is 0 Å². The highest BCUT2D eigenvalue weighted by Gasteiger charge is 2.73. The summed E-state index contributed by atoms with van der Waals surface area (Å²) in [6.07, 6.45) is -6.98. The van der Waals surface area contributed by atoms with E-state index in [-0.39, 0.29) is 12.3 Å². The van der Waals surface area contributed by atoms with Gasteiger partial charge in [-0.3, -0.25) is 4.79 Å². The monoisotopic (exact) mass is 512 g/mol. The van der Waals surface area contributed by atoms with Gasteiger partial charge in [-0.15, -0.1) is 0 Å². The van der Waals surface area contributed by atoms with Crippen molar-refractivity contribution in [3.8, 4) is 0 Å². The molecule has 14 atom stereocenters. The first-order valence-corrected chi connectivity index (χ1v) is 13.1. The lowest BCUT2D eigenvalue weighted by Gasteiger charge is -2.67. The van der Waals surface area contributed by atoms with Crippen LogP contribution in [-0.2, 0) is 14.3 Å². The van der Waals surface area contributed by atoms with E-state index in [1.807, 2.05) is 6.92 Å². The Labute approximate surface area is 210 Å². The topological polar surface area (TPSA) is 177 Å². The average molecular weight is 513 g/mol. The van der Waals surface area contributed by atoms with Gasteiger partial charge in [0.05, 0.1) is 30.3 Å². The number of ether oxygens (including phenoxy) is 2. The van der Waals surface area contributed by atoms with E-state index in [1.54, 1.807) is 6.92 Å². The molecule has 5 fully saturated rings.